The Morgan fingerprint density at radius 2 is 2.22 bits per heavy atom. The summed E-state index contributed by atoms with van der Waals surface area (Å²) in [5, 5.41) is 5.52. The van der Waals surface area contributed by atoms with Crippen LogP contribution in [-0.2, 0) is 16.0 Å². The lowest BCUT2D eigenvalue weighted by Gasteiger charge is -2.22. The van der Waals surface area contributed by atoms with Crippen molar-refractivity contribution < 1.29 is 9.59 Å². The Hall–Kier alpha value is -1.91. The van der Waals surface area contributed by atoms with E-state index in [1.807, 2.05) is 12.1 Å². The third-order valence-corrected chi connectivity index (χ3v) is 3.01. The largest absolute Gasteiger partial charge is 0.354 e. The fourth-order valence-corrected chi connectivity index (χ4v) is 1.98. The number of aromatic nitrogens is 1. The third-order valence-electron chi connectivity index (χ3n) is 3.01. The highest BCUT2D eigenvalue weighted by molar-refractivity contribution is 5.88. The molecule has 0 spiro atoms. The maximum atomic E-state index is 11.7. The number of rotatable bonds is 4. The first-order chi connectivity index (χ1) is 8.75. The van der Waals surface area contributed by atoms with E-state index in [9.17, 15) is 9.59 Å². The molecule has 2 amide bonds. The Morgan fingerprint density at radius 3 is 2.94 bits per heavy atom. The molecule has 0 bridgehead atoms. The average Bonchev–Trinajstić information content (AvgIpc) is 2.40. The van der Waals surface area contributed by atoms with Crippen LogP contribution in [-0.4, -0.2) is 29.4 Å². The molecule has 1 atom stereocenters. The van der Waals surface area contributed by atoms with Crippen molar-refractivity contribution in [2.24, 2.45) is 0 Å². The number of carbonyl (C=O) groups is 2. The van der Waals surface area contributed by atoms with Crippen molar-refractivity contribution in [2.75, 3.05) is 6.54 Å². The van der Waals surface area contributed by atoms with E-state index in [0.29, 0.717) is 19.4 Å². The van der Waals surface area contributed by atoms with Crippen LogP contribution in [0.3, 0.4) is 0 Å². The fraction of sp³-hybridized carbons (Fsp3) is 0.462. The van der Waals surface area contributed by atoms with Crippen molar-refractivity contribution in [1.29, 1.82) is 0 Å². The molecule has 18 heavy (non-hydrogen) atoms. The van der Waals surface area contributed by atoms with E-state index in [1.54, 1.807) is 12.4 Å². The molecule has 0 radical (unpaired) electrons. The molecule has 1 unspecified atom stereocenters. The predicted molar refractivity (Wildman–Crippen MR) is 66.7 cm³/mol. The van der Waals surface area contributed by atoms with Gasteiger partial charge in [-0.05, 0) is 37.0 Å². The van der Waals surface area contributed by atoms with E-state index in [1.165, 1.54) is 0 Å². The molecule has 5 nitrogen and oxygen atoms in total. The van der Waals surface area contributed by atoms with Gasteiger partial charge in [-0.15, -0.1) is 0 Å². The Labute approximate surface area is 106 Å². The number of hydrogen-bond donors (Lipinski definition) is 2. The van der Waals surface area contributed by atoms with Gasteiger partial charge in [0.1, 0.15) is 6.04 Å². The zero-order valence-electron chi connectivity index (χ0n) is 10.2. The highest BCUT2D eigenvalue weighted by Crippen LogP contribution is 2.05. The minimum Gasteiger partial charge on any atom is -0.354 e. The second kappa shape index (κ2) is 6.14. The molecule has 1 aliphatic rings. The van der Waals surface area contributed by atoms with Crippen molar-refractivity contribution in [3.8, 4) is 0 Å². The highest BCUT2D eigenvalue weighted by atomic mass is 16.2. The lowest BCUT2D eigenvalue weighted by atomic mass is 10.1. The Balaban J connectivity index is 1.76. The summed E-state index contributed by atoms with van der Waals surface area (Å²) in [4.78, 5) is 27.1. The molecular weight excluding hydrogens is 230 g/mol. The summed E-state index contributed by atoms with van der Waals surface area (Å²) in [5.74, 6) is -0.146. The van der Waals surface area contributed by atoms with E-state index >= 15 is 0 Å². The molecule has 2 rings (SSSR count). The fourth-order valence-electron chi connectivity index (χ4n) is 1.98. The van der Waals surface area contributed by atoms with Crippen LogP contribution in [0.2, 0.25) is 0 Å². The van der Waals surface area contributed by atoms with Crippen molar-refractivity contribution in [2.45, 2.75) is 31.7 Å². The molecule has 2 N–H and O–H groups in total. The van der Waals surface area contributed by atoms with Crippen molar-refractivity contribution in [3.05, 3.63) is 30.1 Å². The van der Waals surface area contributed by atoms with E-state index in [4.69, 9.17) is 0 Å². The zero-order chi connectivity index (χ0) is 12.8. The minimum atomic E-state index is -0.358. The smallest absolute Gasteiger partial charge is 0.242 e. The molecule has 0 saturated carbocycles. The maximum absolute atomic E-state index is 11.7. The van der Waals surface area contributed by atoms with E-state index in [0.717, 1.165) is 18.4 Å². The zero-order valence-corrected chi connectivity index (χ0v) is 10.2. The van der Waals surface area contributed by atoms with Gasteiger partial charge in [0, 0.05) is 25.4 Å². The second-order valence-corrected chi connectivity index (χ2v) is 4.41. The van der Waals surface area contributed by atoms with Crippen LogP contribution >= 0.6 is 0 Å². The van der Waals surface area contributed by atoms with Crippen LogP contribution < -0.4 is 10.6 Å². The average molecular weight is 247 g/mol. The molecular formula is C13H17N3O2. The SMILES string of the molecule is O=C(CCc1ccncc1)NC1CCCNC1=O. The molecule has 1 aromatic rings. The van der Waals surface area contributed by atoms with Gasteiger partial charge >= 0.3 is 0 Å². The molecule has 0 aromatic carbocycles. The number of aryl methyl sites for hydroxylation is 1. The molecule has 5 heteroatoms. The quantitative estimate of drug-likeness (QED) is 0.809. The van der Waals surface area contributed by atoms with E-state index in [2.05, 4.69) is 15.6 Å². The van der Waals surface area contributed by atoms with Crippen LogP contribution in [0.25, 0.3) is 0 Å². The summed E-state index contributed by atoms with van der Waals surface area (Å²) in [6.07, 6.45) is 6.13. The van der Waals surface area contributed by atoms with Crippen molar-refractivity contribution in [1.82, 2.24) is 15.6 Å². The molecule has 1 aliphatic heterocycles. The van der Waals surface area contributed by atoms with Gasteiger partial charge in [0.2, 0.25) is 11.8 Å². The van der Waals surface area contributed by atoms with Gasteiger partial charge in [-0.1, -0.05) is 0 Å². The number of carbonyl (C=O) groups excluding carboxylic acids is 2. The number of nitrogens with zero attached hydrogens (tertiary/aromatic N) is 1. The summed E-state index contributed by atoms with van der Waals surface area (Å²) in [6, 6.07) is 3.42. The third kappa shape index (κ3) is 3.55. The van der Waals surface area contributed by atoms with Crippen molar-refractivity contribution in [3.63, 3.8) is 0 Å². The standard InChI is InChI=1S/C13H17N3O2/c17-12(4-3-10-5-8-14-9-6-10)16-11-2-1-7-15-13(11)18/h5-6,8-9,11H,1-4,7H2,(H,15,18)(H,16,17). The lowest BCUT2D eigenvalue weighted by molar-refractivity contribution is -0.130. The normalized spacial score (nSPS) is 19.1. The Morgan fingerprint density at radius 1 is 1.44 bits per heavy atom. The van der Waals surface area contributed by atoms with Gasteiger partial charge < -0.3 is 10.6 Å². The Bertz CT molecular complexity index is 420. The number of piperidine rings is 1. The second-order valence-electron chi connectivity index (χ2n) is 4.41. The summed E-state index contributed by atoms with van der Waals surface area (Å²) < 4.78 is 0. The number of nitrogens with one attached hydrogen (secondary N) is 2. The maximum Gasteiger partial charge on any atom is 0.242 e. The van der Waals surface area contributed by atoms with Crippen LogP contribution in [0.15, 0.2) is 24.5 Å². The molecule has 1 saturated heterocycles. The summed E-state index contributed by atoms with van der Waals surface area (Å²) in [5.41, 5.74) is 1.08. The minimum absolute atomic E-state index is 0.0708. The van der Waals surface area contributed by atoms with Crippen LogP contribution in [0.4, 0.5) is 0 Å². The predicted octanol–water partition coefficient (Wildman–Crippen LogP) is 0.409. The number of pyridine rings is 1. The monoisotopic (exact) mass is 247 g/mol. The van der Waals surface area contributed by atoms with Gasteiger partial charge in [-0.2, -0.15) is 0 Å². The van der Waals surface area contributed by atoms with Crippen LogP contribution in [0, 0.1) is 0 Å². The summed E-state index contributed by atoms with van der Waals surface area (Å²) in [6.45, 7) is 0.711. The van der Waals surface area contributed by atoms with Gasteiger partial charge in [-0.25, -0.2) is 0 Å². The van der Waals surface area contributed by atoms with Gasteiger partial charge in [0.05, 0.1) is 0 Å². The number of amides is 2. The molecule has 2 heterocycles. The molecule has 1 aromatic heterocycles. The Kier molecular flexibility index (Phi) is 4.28. The van der Waals surface area contributed by atoms with Crippen molar-refractivity contribution >= 4 is 11.8 Å². The summed E-state index contributed by atoms with van der Waals surface area (Å²) >= 11 is 0. The molecule has 0 aliphatic carbocycles. The first kappa shape index (κ1) is 12.5. The first-order valence-corrected chi connectivity index (χ1v) is 6.21. The highest BCUT2D eigenvalue weighted by Gasteiger charge is 2.23. The van der Waals surface area contributed by atoms with Gasteiger partial charge in [0.15, 0.2) is 0 Å². The number of hydrogen-bond acceptors (Lipinski definition) is 3. The van der Waals surface area contributed by atoms with Crippen LogP contribution in [0.5, 0.6) is 0 Å². The molecule has 96 valence electrons. The van der Waals surface area contributed by atoms with Gasteiger partial charge in [0.25, 0.3) is 0 Å². The van der Waals surface area contributed by atoms with Gasteiger partial charge in [-0.3, -0.25) is 14.6 Å². The van der Waals surface area contributed by atoms with E-state index in [-0.39, 0.29) is 17.9 Å². The van der Waals surface area contributed by atoms with Crippen LogP contribution in [0.1, 0.15) is 24.8 Å². The topological polar surface area (TPSA) is 71.1 Å². The van der Waals surface area contributed by atoms with E-state index < -0.39 is 0 Å². The summed E-state index contributed by atoms with van der Waals surface area (Å²) in [7, 11) is 0. The molecule has 1 fully saturated rings. The first-order valence-electron chi connectivity index (χ1n) is 6.21. The lowest BCUT2D eigenvalue weighted by Crippen LogP contribution is -2.50.